The van der Waals surface area contributed by atoms with Gasteiger partial charge in [0.1, 0.15) is 5.75 Å². The zero-order valence-corrected chi connectivity index (χ0v) is 13.2. The Morgan fingerprint density at radius 1 is 1.14 bits per heavy atom. The first kappa shape index (κ1) is 16.3. The third kappa shape index (κ3) is 3.98. The van der Waals surface area contributed by atoms with Crippen molar-refractivity contribution < 1.29 is 19.4 Å². The summed E-state index contributed by atoms with van der Waals surface area (Å²) in [5, 5.41) is 11.3. The number of carbonyl (C=O) groups excluding carboxylic acids is 1. The Morgan fingerprint density at radius 2 is 1.82 bits per heavy atom. The molecule has 0 fully saturated rings. The number of aliphatic hydroxyl groups excluding tert-OH is 1. The van der Waals surface area contributed by atoms with Gasteiger partial charge in [-0.2, -0.15) is 0 Å². The number of ether oxygens (including phenoxy) is 2. The van der Waals surface area contributed by atoms with Crippen molar-refractivity contribution >= 4 is 16.7 Å². The van der Waals surface area contributed by atoms with Gasteiger partial charge in [-0.25, -0.2) is 0 Å². The van der Waals surface area contributed by atoms with Gasteiger partial charge in [-0.1, -0.05) is 24.3 Å². The van der Waals surface area contributed by atoms with Crippen molar-refractivity contribution in [3.8, 4) is 5.75 Å². The zero-order valence-electron chi connectivity index (χ0n) is 13.2. The molecule has 0 aromatic heterocycles. The van der Waals surface area contributed by atoms with E-state index in [1.54, 1.807) is 14.0 Å². The van der Waals surface area contributed by atoms with Crippen LogP contribution in [0.1, 0.15) is 31.7 Å². The molecule has 0 radical (unpaired) electrons. The fraction of sp³-hybridized carbons (Fsp3) is 0.389. The standard InChI is InChI=1S/C18H22O4/c1-12(19)8-9-22-18(20)13(2)14-4-5-16-11-17(21-3)7-6-15(16)10-14/h4-7,10-13,19H,8-9H2,1-3H3. The molecule has 0 amide bonds. The van der Waals surface area contributed by atoms with Crippen LogP contribution >= 0.6 is 0 Å². The van der Waals surface area contributed by atoms with Crippen LogP contribution in [-0.4, -0.2) is 30.9 Å². The van der Waals surface area contributed by atoms with Crippen LogP contribution in [0.4, 0.5) is 0 Å². The van der Waals surface area contributed by atoms with Crippen molar-refractivity contribution in [3.63, 3.8) is 0 Å². The molecule has 0 aliphatic carbocycles. The normalized spacial score (nSPS) is 13.6. The van der Waals surface area contributed by atoms with E-state index in [4.69, 9.17) is 9.47 Å². The maximum Gasteiger partial charge on any atom is 0.313 e. The maximum absolute atomic E-state index is 12.0. The number of fused-ring (bicyclic) bond motifs is 1. The number of hydrogen-bond donors (Lipinski definition) is 1. The second kappa shape index (κ2) is 7.27. The van der Waals surface area contributed by atoms with Crippen LogP contribution < -0.4 is 4.74 Å². The summed E-state index contributed by atoms with van der Waals surface area (Å²) in [6.07, 6.45) is -0.00515. The van der Waals surface area contributed by atoms with Gasteiger partial charge in [-0.05, 0) is 42.3 Å². The number of methoxy groups -OCH3 is 1. The Hall–Kier alpha value is -2.07. The molecule has 1 N–H and O–H groups in total. The van der Waals surface area contributed by atoms with E-state index in [9.17, 15) is 9.90 Å². The van der Waals surface area contributed by atoms with Gasteiger partial charge in [0.2, 0.25) is 0 Å². The molecule has 2 rings (SSSR count). The van der Waals surface area contributed by atoms with Gasteiger partial charge < -0.3 is 14.6 Å². The van der Waals surface area contributed by atoms with Crippen LogP contribution in [0.25, 0.3) is 10.8 Å². The molecule has 0 saturated heterocycles. The quantitative estimate of drug-likeness (QED) is 0.832. The second-order valence-electron chi connectivity index (χ2n) is 5.50. The fourth-order valence-corrected chi connectivity index (χ4v) is 2.23. The second-order valence-corrected chi connectivity index (χ2v) is 5.50. The molecule has 2 aromatic carbocycles. The molecule has 0 heterocycles. The molecule has 0 saturated carbocycles. The highest BCUT2D eigenvalue weighted by atomic mass is 16.5. The number of benzene rings is 2. The van der Waals surface area contributed by atoms with Crippen LogP contribution in [0.3, 0.4) is 0 Å². The van der Waals surface area contributed by atoms with E-state index in [1.165, 1.54) is 0 Å². The highest BCUT2D eigenvalue weighted by molar-refractivity contribution is 5.86. The molecule has 2 aromatic rings. The summed E-state index contributed by atoms with van der Waals surface area (Å²) in [7, 11) is 1.64. The van der Waals surface area contributed by atoms with Crippen molar-refractivity contribution in [2.75, 3.05) is 13.7 Å². The lowest BCUT2D eigenvalue weighted by Crippen LogP contribution is -2.16. The summed E-state index contributed by atoms with van der Waals surface area (Å²) in [6.45, 7) is 3.75. The van der Waals surface area contributed by atoms with E-state index >= 15 is 0 Å². The Bertz CT molecular complexity index is 649. The number of rotatable bonds is 6. The topological polar surface area (TPSA) is 55.8 Å². The van der Waals surface area contributed by atoms with Gasteiger partial charge in [0.05, 0.1) is 25.7 Å². The van der Waals surface area contributed by atoms with E-state index in [2.05, 4.69) is 0 Å². The lowest BCUT2D eigenvalue weighted by Gasteiger charge is -2.13. The van der Waals surface area contributed by atoms with E-state index in [-0.39, 0.29) is 18.5 Å². The monoisotopic (exact) mass is 302 g/mol. The summed E-state index contributed by atoms with van der Waals surface area (Å²) in [5.74, 6) is 0.208. The third-order valence-electron chi connectivity index (χ3n) is 3.70. The zero-order chi connectivity index (χ0) is 16.1. The molecule has 0 aliphatic heterocycles. The molecular formula is C18H22O4. The minimum Gasteiger partial charge on any atom is -0.497 e. The minimum atomic E-state index is -0.459. The van der Waals surface area contributed by atoms with Crippen LogP contribution in [-0.2, 0) is 9.53 Å². The average Bonchev–Trinajstić information content (AvgIpc) is 2.52. The van der Waals surface area contributed by atoms with Crippen molar-refractivity contribution in [1.29, 1.82) is 0 Å². The number of esters is 1. The van der Waals surface area contributed by atoms with E-state index in [0.29, 0.717) is 6.42 Å². The Balaban J connectivity index is 2.11. The molecule has 22 heavy (non-hydrogen) atoms. The van der Waals surface area contributed by atoms with Crippen molar-refractivity contribution in [1.82, 2.24) is 0 Å². The van der Waals surface area contributed by atoms with Gasteiger partial charge in [0.15, 0.2) is 0 Å². The van der Waals surface area contributed by atoms with E-state index in [0.717, 1.165) is 22.1 Å². The van der Waals surface area contributed by atoms with Crippen LogP contribution in [0.2, 0.25) is 0 Å². The predicted octanol–water partition coefficient (Wildman–Crippen LogP) is 3.27. The van der Waals surface area contributed by atoms with Crippen molar-refractivity contribution in [2.24, 2.45) is 0 Å². The first-order chi connectivity index (χ1) is 10.5. The Kier molecular flexibility index (Phi) is 5.39. The molecule has 118 valence electrons. The fourth-order valence-electron chi connectivity index (χ4n) is 2.23. The highest BCUT2D eigenvalue weighted by Gasteiger charge is 2.17. The first-order valence-corrected chi connectivity index (χ1v) is 7.43. The molecule has 4 nitrogen and oxygen atoms in total. The number of hydrogen-bond acceptors (Lipinski definition) is 4. The van der Waals surface area contributed by atoms with Gasteiger partial charge in [0, 0.05) is 6.42 Å². The molecule has 4 heteroatoms. The average molecular weight is 302 g/mol. The Morgan fingerprint density at radius 3 is 2.50 bits per heavy atom. The molecule has 2 unspecified atom stereocenters. The van der Waals surface area contributed by atoms with E-state index < -0.39 is 6.10 Å². The molecule has 2 atom stereocenters. The number of aliphatic hydroxyl groups is 1. The van der Waals surface area contributed by atoms with Crippen LogP contribution in [0, 0.1) is 0 Å². The first-order valence-electron chi connectivity index (χ1n) is 7.43. The maximum atomic E-state index is 12.0. The molecular weight excluding hydrogens is 280 g/mol. The summed E-state index contributed by atoms with van der Waals surface area (Å²) >= 11 is 0. The lowest BCUT2D eigenvalue weighted by molar-refractivity contribution is -0.145. The number of carbonyl (C=O) groups is 1. The van der Waals surface area contributed by atoms with E-state index in [1.807, 2.05) is 43.3 Å². The SMILES string of the molecule is COc1ccc2cc(C(C)C(=O)OCCC(C)O)ccc2c1. The summed E-state index contributed by atoms with van der Waals surface area (Å²) in [4.78, 5) is 12.0. The summed E-state index contributed by atoms with van der Waals surface area (Å²) in [5.41, 5.74) is 0.916. The highest BCUT2D eigenvalue weighted by Crippen LogP contribution is 2.25. The minimum absolute atomic E-state index is 0.242. The van der Waals surface area contributed by atoms with Gasteiger partial charge in [-0.15, -0.1) is 0 Å². The summed E-state index contributed by atoms with van der Waals surface area (Å²) in [6, 6.07) is 11.7. The molecule has 0 spiro atoms. The Labute approximate surface area is 130 Å². The lowest BCUT2D eigenvalue weighted by atomic mass is 9.98. The predicted molar refractivity (Wildman–Crippen MR) is 86.2 cm³/mol. The molecule has 0 bridgehead atoms. The third-order valence-corrected chi connectivity index (χ3v) is 3.70. The van der Waals surface area contributed by atoms with Gasteiger partial charge in [0.25, 0.3) is 0 Å². The summed E-state index contributed by atoms with van der Waals surface area (Å²) < 4.78 is 10.4. The van der Waals surface area contributed by atoms with Gasteiger partial charge >= 0.3 is 5.97 Å². The molecule has 0 aliphatic rings. The van der Waals surface area contributed by atoms with Crippen LogP contribution in [0.5, 0.6) is 5.75 Å². The largest absolute Gasteiger partial charge is 0.497 e. The smallest absolute Gasteiger partial charge is 0.313 e. The van der Waals surface area contributed by atoms with Crippen LogP contribution in [0.15, 0.2) is 36.4 Å². The van der Waals surface area contributed by atoms with Crippen molar-refractivity contribution in [3.05, 3.63) is 42.0 Å². The van der Waals surface area contributed by atoms with Gasteiger partial charge in [-0.3, -0.25) is 4.79 Å². The van der Waals surface area contributed by atoms with Crippen molar-refractivity contribution in [2.45, 2.75) is 32.3 Å².